The van der Waals surface area contributed by atoms with Crippen LogP contribution in [0.1, 0.15) is 33.9 Å². The van der Waals surface area contributed by atoms with Crippen LogP contribution in [0, 0.1) is 6.92 Å². The normalized spacial score (nSPS) is 11.7. The maximum Gasteiger partial charge on any atom is 0.260 e. The van der Waals surface area contributed by atoms with E-state index in [-0.39, 0.29) is 5.92 Å². The number of rotatable bonds is 10. The Bertz CT molecular complexity index is 1130. The highest BCUT2D eigenvalue weighted by atomic mass is 16.5. The predicted molar refractivity (Wildman–Crippen MR) is 130 cm³/mol. The van der Waals surface area contributed by atoms with Gasteiger partial charge in [-0.2, -0.15) is 4.98 Å². The summed E-state index contributed by atoms with van der Waals surface area (Å²) >= 11 is 0. The van der Waals surface area contributed by atoms with Gasteiger partial charge in [0.25, 0.3) is 5.88 Å². The maximum atomic E-state index is 6.28. The van der Waals surface area contributed by atoms with Crippen molar-refractivity contribution in [3.05, 3.63) is 119 Å². The van der Waals surface area contributed by atoms with Crippen LogP contribution in [0.25, 0.3) is 0 Å². The molecule has 5 nitrogen and oxygen atoms in total. The fourth-order valence-electron chi connectivity index (χ4n) is 3.66. The molecule has 0 saturated carbocycles. The average molecular weight is 440 g/mol. The Hall–Kier alpha value is -3.70. The van der Waals surface area contributed by atoms with E-state index in [0.29, 0.717) is 31.4 Å². The van der Waals surface area contributed by atoms with Gasteiger partial charge in [-0.3, -0.25) is 0 Å². The molecule has 5 heteroatoms. The molecule has 0 aliphatic rings. The van der Waals surface area contributed by atoms with Gasteiger partial charge in [-0.05, 0) is 30.0 Å². The van der Waals surface area contributed by atoms with Crippen molar-refractivity contribution in [2.45, 2.75) is 32.5 Å². The number of aromatic nitrogens is 2. The van der Waals surface area contributed by atoms with E-state index in [2.05, 4.69) is 41.2 Å². The van der Waals surface area contributed by atoms with Gasteiger partial charge in [0, 0.05) is 12.5 Å². The molecule has 0 aliphatic carbocycles. The quantitative estimate of drug-likeness (QED) is 0.366. The lowest BCUT2D eigenvalue weighted by molar-refractivity contribution is 0.241. The SMILES string of the molecule is Cc1ccc(CC(CN)c2ncnc(OCc3ccccc3)c2OCc2ccccc2)cc1. The van der Waals surface area contributed by atoms with Crippen molar-refractivity contribution < 1.29 is 9.47 Å². The number of benzene rings is 3. The minimum Gasteiger partial charge on any atom is -0.482 e. The van der Waals surface area contributed by atoms with Crippen molar-refractivity contribution in [2.24, 2.45) is 5.73 Å². The van der Waals surface area contributed by atoms with E-state index >= 15 is 0 Å². The van der Waals surface area contributed by atoms with Crippen molar-refractivity contribution in [2.75, 3.05) is 6.54 Å². The summed E-state index contributed by atoms with van der Waals surface area (Å²) in [5.41, 5.74) is 11.5. The molecule has 0 fully saturated rings. The van der Waals surface area contributed by atoms with Crippen LogP contribution in [0.2, 0.25) is 0 Å². The smallest absolute Gasteiger partial charge is 0.260 e. The third-order valence-electron chi connectivity index (χ3n) is 5.52. The molecule has 1 aromatic heterocycles. The van der Waals surface area contributed by atoms with Crippen molar-refractivity contribution in [1.29, 1.82) is 0 Å². The van der Waals surface area contributed by atoms with Crippen LogP contribution in [0.15, 0.2) is 91.3 Å². The maximum absolute atomic E-state index is 6.28. The number of nitrogens with zero attached hydrogens (tertiary/aromatic N) is 2. The highest BCUT2D eigenvalue weighted by molar-refractivity contribution is 5.41. The molecule has 0 aliphatic heterocycles. The molecular formula is C28H29N3O2. The van der Waals surface area contributed by atoms with Gasteiger partial charge in [-0.1, -0.05) is 90.5 Å². The van der Waals surface area contributed by atoms with Crippen molar-refractivity contribution in [1.82, 2.24) is 9.97 Å². The number of hydrogen-bond acceptors (Lipinski definition) is 5. The molecule has 1 atom stereocenters. The number of nitrogens with two attached hydrogens (primary N) is 1. The molecule has 2 N–H and O–H groups in total. The summed E-state index contributed by atoms with van der Waals surface area (Å²) in [6, 6.07) is 28.5. The Morgan fingerprint density at radius 2 is 1.33 bits per heavy atom. The third kappa shape index (κ3) is 6.18. The van der Waals surface area contributed by atoms with E-state index in [9.17, 15) is 0 Å². The fraction of sp³-hybridized carbons (Fsp3) is 0.214. The Morgan fingerprint density at radius 1 is 0.727 bits per heavy atom. The van der Waals surface area contributed by atoms with E-state index in [0.717, 1.165) is 23.2 Å². The second-order valence-electron chi connectivity index (χ2n) is 8.06. The summed E-state index contributed by atoms with van der Waals surface area (Å²) in [6.45, 7) is 3.31. The Labute approximate surface area is 195 Å². The van der Waals surface area contributed by atoms with Crippen LogP contribution in [0.3, 0.4) is 0 Å². The lowest BCUT2D eigenvalue weighted by Gasteiger charge is -2.20. The molecule has 1 heterocycles. The van der Waals surface area contributed by atoms with Crippen LogP contribution < -0.4 is 15.2 Å². The van der Waals surface area contributed by atoms with Crippen molar-refractivity contribution in [3.63, 3.8) is 0 Å². The first-order valence-corrected chi connectivity index (χ1v) is 11.2. The van der Waals surface area contributed by atoms with Gasteiger partial charge in [0.1, 0.15) is 19.5 Å². The first-order chi connectivity index (χ1) is 16.2. The minimum atomic E-state index is -0.0273. The lowest BCUT2D eigenvalue weighted by atomic mass is 9.95. The molecule has 4 rings (SSSR count). The van der Waals surface area contributed by atoms with Gasteiger partial charge < -0.3 is 15.2 Å². The van der Waals surface area contributed by atoms with Gasteiger partial charge in [0.05, 0.1) is 5.69 Å². The first kappa shape index (κ1) is 22.5. The molecule has 3 aromatic carbocycles. The second-order valence-corrected chi connectivity index (χ2v) is 8.06. The van der Waals surface area contributed by atoms with Gasteiger partial charge >= 0.3 is 0 Å². The van der Waals surface area contributed by atoms with Gasteiger partial charge in [0.2, 0.25) is 5.75 Å². The first-order valence-electron chi connectivity index (χ1n) is 11.2. The molecule has 4 aromatic rings. The van der Waals surface area contributed by atoms with E-state index in [1.807, 2.05) is 60.7 Å². The fourth-order valence-corrected chi connectivity index (χ4v) is 3.66. The van der Waals surface area contributed by atoms with Gasteiger partial charge in [-0.15, -0.1) is 0 Å². The lowest BCUT2D eigenvalue weighted by Crippen LogP contribution is -2.18. The van der Waals surface area contributed by atoms with E-state index < -0.39 is 0 Å². The van der Waals surface area contributed by atoms with Crippen molar-refractivity contribution >= 4 is 0 Å². The molecule has 33 heavy (non-hydrogen) atoms. The van der Waals surface area contributed by atoms with Crippen LogP contribution in [-0.2, 0) is 19.6 Å². The summed E-state index contributed by atoms with van der Waals surface area (Å²) in [4.78, 5) is 9.00. The van der Waals surface area contributed by atoms with Crippen LogP contribution >= 0.6 is 0 Å². The van der Waals surface area contributed by atoms with Gasteiger partial charge in [0.15, 0.2) is 0 Å². The summed E-state index contributed by atoms with van der Waals surface area (Å²) in [5.74, 6) is 0.961. The molecule has 0 radical (unpaired) electrons. The number of ether oxygens (including phenoxy) is 2. The molecule has 0 amide bonds. The zero-order valence-electron chi connectivity index (χ0n) is 18.9. The Kier molecular flexibility index (Phi) is 7.67. The topological polar surface area (TPSA) is 70.3 Å². The summed E-state index contributed by atoms with van der Waals surface area (Å²) < 4.78 is 12.4. The monoisotopic (exact) mass is 439 g/mol. The van der Waals surface area contributed by atoms with E-state index in [1.165, 1.54) is 17.5 Å². The molecule has 1 unspecified atom stereocenters. The minimum absolute atomic E-state index is 0.0273. The van der Waals surface area contributed by atoms with Crippen LogP contribution in [-0.4, -0.2) is 16.5 Å². The zero-order valence-corrected chi connectivity index (χ0v) is 18.9. The van der Waals surface area contributed by atoms with Gasteiger partial charge in [-0.25, -0.2) is 4.98 Å². The highest BCUT2D eigenvalue weighted by Crippen LogP contribution is 2.35. The predicted octanol–water partition coefficient (Wildman–Crippen LogP) is 5.23. The molecular weight excluding hydrogens is 410 g/mol. The molecule has 0 saturated heterocycles. The van der Waals surface area contributed by atoms with Crippen LogP contribution in [0.5, 0.6) is 11.6 Å². The molecule has 0 spiro atoms. The van der Waals surface area contributed by atoms with E-state index in [1.54, 1.807) is 0 Å². The van der Waals surface area contributed by atoms with Crippen molar-refractivity contribution in [3.8, 4) is 11.6 Å². The summed E-state index contributed by atoms with van der Waals surface area (Å²) in [5, 5.41) is 0. The average Bonchev–Trinajstić information content (AvgIpc) is 2.87. The number of hydrogen-bond donors (Lipinski definition) is 1. The van der Waals surface area contributed by atoms with Crippen LogP contribution in [0.4, 0.5) is 0 Å². The summed E-state index contributed by atoms with van der Waals surface area (Å²) in [7, 11) is 0. The number of aryl methyl sites for hydroxylation is 1. The highest BCUT2D eigenvalue weighted by Gasteiger charge is 2.22. The standard InChI is InChI=1S/C28H29N3O2/c1-21-12-14-22(15-13-21)16-25(17-29)26-27(32-18-23-8-4-2-5-9-23)28(31-20-30-26)33-19-24-10-6-3-7-11-24/h2-15,20,25H,16-19,29H2,1H3. The summed E-state index contributed by atoms with van der Waals surface area (Å²) in [6.07, 6.45) is 2.29. The second kappa shape index (κ2) is 11.2. The van der Waals surface area contributed by atoms with E-state index in [4.69, 9.17) is 15.2 Å². The molecule has 168 valence electrons. The third-order valence-corrected chi connectivity index (χ3v) is 5.52. The Balaban J connectivity index is 1.62. The zero-order chi connectivity index (χ0) is 22.9. The molecule has 0 bridgehead atoms. The largest absolute Gasteiger partial charge is 0.482 e. The Morgan fingerprint density at radius 3 is 1.94 bits per heavy atom.